The van der Waals surface area contributed by atoms with Crippen molar-refractivity contribution in [1.29, 1.82) is 0 Å². The second kappa shape index (κ2) is 3.93. The number of carboxylic acid groups (broad SMARTS) is 1. The molecule has 0 aliphatic carbocycles. The lowest BCUT2D eigenvalue weighted by Gasteiger charge is -2.08. The summed E-state index contributed by atoms with van der Waals surface area (Å²) in [5.74, 6) is -1.05. The van der Waals surface area contributed by atoms with Gasteiger partial charge in [-0.25, -0.2) is 0 Å². The number of hydrogen-bond donors (Lipinski definition) is 2. The largest absolute Gasteiger partial charge is 0.506 e. The van der Waals surface area contributed by atoms with Crippen molar-refractivity contribution in [3.63, 3.8) is 0 Å². The topological polar surface area (TPSA) is 79.5 Å². The number of carboxylic acids is 1. The number of para-hydroxylation sites is 1. The zero-order valence-electron chi connectivity index (χ0n) is 9.17. The van der Waals surface area contributed by atoms with Gasteiger partial charge in [0.1, 0.15) is 5.75 Å². The molecule has 0 unspecified atom stereocenters. The van der Waals surface area contributed by atoms with Crippen molar-refractivity contribution in [2.45, 2.75) is 6.42 Å². The van der Waals surface area contributed by atoms with Crippen LogP contribution in [0.2, 0.25) is 0 Å². The number of fused-ring (bicyclic) bond motifs is 1. The number of carbonyl (C=O) groups is 1. The van der Waals surface area contributed by atoms with Gasteiger partial charge in [0.05, 0.1) is 11.9 Å². The highest BCUT2D eigenvalue weighted by atomic mass is 16.4. The number of benzene rings is 1. The molecule has 2 aromatic rings. The van der Waals surface area contributed by atoms with E-state index in [-0.39, 0.29) is 17.7 Å². The Morgan fingerprint density at radius 2 is 2.12 bits per heavy atom. The molecular formula is C12H11NO4. The summed E-state index contributed by atoms with van der Waals surface area (Å²) in [6.07, 6.45) is -0.321. The average molecular weight is 233 g/mol. The number of rotatable bonds is 2. The summed E-state index contributed by atoms with van der Waals surface area (Å²) in [6.45, 7) is 0. The molecule has 0 radical (unpaired) electrons. The minimum atomic E-state index is -1.05. The predicted octanol–water partition coefficient (Wildman–Crippen LogP) is 0.871. The molecule has 1 aromatic heterocycles. The molecule has 88 valence electrons. The highest BCUT2D eigenvalue weighted by Gasteiger charge is 2.11. The van der Waals surface area contributed by atoms with Gasteiger partial charge in [0, 0.05) is 18.0 Å². The van der Waals surface area contributed by atoms with Crippen LogP contribution in [-0.4, -0.2) is 20.7 Å². The van der Waals surface area contributed by atoms with Gasteiger partial charge in [0.25, 0.3) is 5.56 Å². The van der Waals surface area contributed by atoms with E-state index in [0.29, 0.717) is 10.9 Å². The Morgan fingerprint density at radius 1 is 1.41 bits per heavy atom. The van der Waals surface area contributed by atoms with Crippen molar-refractivity contribution in [2.75, 3.05) is 0 Å². The van der Waals surface area contributed by atoms with E-state index in [2.05, 4.69) is 0 Å². The number of hydrogen-bond acceptors (Lipinski definition) is 3. The summed E-state index contributed by atoms with van der Waals surface area (Å²) >= 11 is 0. The molecule has 1 heterocycles. The summed E-state index contributed by atoms with van der Waals surface area (Å²) < 4.78 is 1.27. The van der Waals surface area contributed by atoms with E-state index in [9.17, 15) is 14.7 Å². The number of aliphatic carboxylic acids is 1. The molecule has 5 nitrogen and oxygen atoms in total. The number of nitrogens with zero attached hydrogens (tertiary/aromatic N) is 1. The van der Waals surface area contributed by atoms with Crippen LogP contribution in [0.1, 0.15) is 5.56 Å². The van der Waals surface area contributed by atoms with E-state index < -0.39 is 11.5 Å². The van der Waals surface area contributed by atoms with Crippen molar-refractivity contribution in [1.82, 2.24) is 4.57 Å². The molecule has 0 fully saturated rings. The average Bonchev–Trinajstić information content (AvgIpc) is 2.24. The zero-order valence-corrected chi connectivity index (χ0v) is 9.17. The SMILES string of the molecule is Cn1c(=O)c(CC(=O)O)cc2cccc(O)c21. The maximum absolute atomic E-state index is 11.9. The van der Waals surface area contributed by atoms with Crippen LogP contribution < -0.4 is 5.56 Å². The fraction of sp³-hybridized carbons (Fsp3) is 0.167. The molecule has 0 aliphatic rings. The molecular weight excluding hydrogens is 222 g/mol. The molecule has 17 heavy (non-hydrogen) atoms. The zero-order chi connectivity index (χ0) is 12.6. The van der Waals surface area contributed by atoms with Crippen molar-refractivity contribution in [3.05, 3.63) is 40.2 Å². The normalized spacial score (nSPS) is 10.6. The first-order valence-electron chi connectivity index (χ1n) is 5.03. The van der Waals surface area contributed by atoms with Crippen molar-refractivity contribution < 1.29 is 15.0 Å². The Labute approximate surface area is 96.5 Å². The Bertz CT molecular complexity index is 657. The van der Waals surface area contributed by atoms with Gasteiger partial charge >= 0.3 is 5.97 Å². The number of pyridine rings is 1. The summed E-state index contributed by atoms with van der Waals surface area (Å²) in [4.78, 5) is 22.5. The third-order valence-electron chi connectivity index (χ3n) is 2.63. The quantitative estimate of drug-likeness (QED) is 0.806. The van der Waals surface area contributed by atoms with Gasteiger partial charge in [-0.05, 0) is 12.1 Å². The minimum Gasteiger partial charge on any atom is -0.506 e. The molecule has 2 rings (SSSR count). The van der Waals surface area contributed by atoms with Crippen LogP contribution in [0.15, 0.2) is 29.1 Å². The smallest absolute Gasteiger partial charge is 0.308 e. The van der Waals surface area contributed by atoms with Crippen LogP contribution in [0.3, 0.4) is 0 Å². The van der Waals surface area contributed by atoms with Crippen molar-refractivity contribution in [2.24, 2.45) is 7.05 Å². The molecule has 2 N–H and O–H groups in total. The van der Waals surface area contributed by atoms with Crippen LogP contribution in [0.4, 0.5) is 0 Å². The minimum absolute atomic E-state index is 0.00368. The van der Waals surface area contributed by atoms with E-state index in [0.717, 1.165) is 0 Å². The first-order chi connectivity index (χ1) is 8.00. The fourth-order valence-corrected chi connectivity index (χ4v) is 1.89. The summed E-state index contributed by atoms with van der Waals surface area (Å²) in [5, 5.41) is 19.0. The highest BCUT2D eigenvalue weighted by molar-refractivity contribution is 5.85. The third-order valence-corrected chi connectivity index (χ3v) is 2.63. The Balaban J connectivity index is 2.80. The van der Waals surface area contributed by atoms with Crippen LogP contribution in [0.5, 0.6) is 5.75 Å². The lowest BCUT2D eigenvalue weighted by molar-refractivity contribution is -0.136. The predicted molar refractivity (Wildman–Crippen MR) is 62.2 cm³/mol. The number of aromatic hydroxyl groups is 1. The van der Waals surface area contributed by atoms with Gasteiger partial charge < -0.3 is 14.8 Å². The second-order valence-corrected chi connectivity index (χ2v) is 3.82. The molecule has 0 bridgehead atoms. The molecule has 0 amide bonds. The lowest BCUT2D eigenvalue weighted by atomic mass is 10.1. The molecule has 0 aliphatic heterocycles. The van der Waals surface area contributed by atoms with Gasteiger partial charge in [-0.1, -0.05) is 12.1 Å². The summed E-state index contributed by atoms with van der Waals surface area (Å²) in [6, 6.07) is 6.36. The van der Waals surface area contributed by atoms with Gasteiger partial charge in [0.2, 0.25) is 0 Å². The molecule has 0 saturated carbocycles. The Morgan fingerprint density at radius 3 is 2.76 bits per heavy atom. The van der Waals surface area contributed by atoms with Gasteiger partial charge in [-0.2, -0.15) is 0 Å². The maximum atomic E-state index is 11.9. The summed E-state index contributed by atoms with van der Waals surface area (Å²) in [7, 11) is 1.51. The van der Waals surface area contributed by atoms with Crippen molar-refractivity contribution >= 4 is 16.9 Å². The van der Waals surface area contributed by atoms with Crippen molar-refractivity contribution in [3.8, 4) is 5.75 Å². The van der Waals surface area contributed by atoms with Crippen LogP contribution >= 0.6 is 0 Å². The number of phenols is 1. The molecule has 1 aromatic carbocycles. The van der Waals surface area contributed by atoms with Crippen LogP contribution in [0, 0.1) is 0 Å². The van der Waals surface area contributed by atoms with E-state index in [1.54, 1.807) is 12.1 Å². The van der Waals surface area contributed by atoms with E-state index in [1.807, 2.05) is 0 Å². The monoisotopic (exact) mass is 233 g/mol. The fourth-order valence-electron chi connectivity index (χ4n) is 1.89. The standard InChI is InChI=1S/C12H11NO4/c1-13-11-7(3-2-4-9(11)14)5-8(12(13)17)6-10(15)16/h2-5,14H,6H2,1H3,(H,15,16). The van der Waals surface area contributed by atoms with E-state index in [1.165, 1.54) is 23.7 Å². The number of aryl methyl sites for hydroxylation is 1. The maximum Gasteiger partial charge on any atom is 0.308 e. The Kier molecular flexibility index (Phi) is 2.59. The molecule has 0 saturated heterocycles. The molecule has 0 spiro atoms. The number of phenolic OH excluding ortho intramolecular Hbond substituents is 1. The highest BCUT2D eigenvalue weighted by Crippen LogP contribution is 2.22. The lowest BCUT2D eigenvalue weighted by Crippen LogP contribution is -2.23. The molecule has 0 atom stereocenters. The van der Waals surface area contributed by atoms with Gasteiger partial charge in [-0.15, -0.1) is 0 Å². The first kappa shape index (κ1) is 11.2. The third kappa shape index (κ3) is 1.87. The summed E-state index contributed by atoms with van der Waals surface area (Å²) in [5.41, 5.74) is 0.214. The number of aromatic nitrogens is 1. The first-order valence-corrected chi connectivity index (χ1v) is 5.03. The second-order valence-electron chi connectivity index (χ2n) is 3.82. The van der Waals surface area contributed by atoms with Crippen LogP contribution in [0.25, 0.3) is 10.9 Å². The van der Waals surface area contributed by atoms with Crippen LogP contribution in [-0.2, 0) is 18.3 Å². The Hall–Kier alpha value is -2.30. The van der Waals surface area contributed by atoms with Gasteiger partial charge in [-0.3, -0.25) is 9.59 Å². The molecule has 5 heteroatoms. The van der Waals surface area contributed by atoms with E-state index >= 15 is 0 Å². The van der Waals surface area contributed by atoms with E-state index in [4.69, 9.17) is 5.11 Å². The van der Waals surface area contributed by atoms with Gasteiger partial charge in [0.15, 0.2) is 0 Å².